The van der Waals surface area contributed by atoms with E-state index in [2.05, 4.69) is 10.6 Å². The van der Waals surface area contributed by atoms with E-state index in [4.69, 9.17) is 14.8 Å². The lowest BCUT2D eigenvalue weighted by atomic mass is 10.0. The molecule has 2 N–H and O–H groups in total. The number of anilines is 1. The summed E-state index contributed by atoms with van der Waals surface area (Å²) in [4.78, 5) is 60.8. The summed E-state index contributed by atoms with van der Waals surface area (Å²) in [5, 5.41) is 10.7. The first-order valence-electron chi connectivity index (χ1n) is 16.3. The molecular weight excluding hydrogens is 610 g/mol. The zero-order valence-corrected chi connectivity index (χ0v) is 27.1. The van der Waals surface area contributed by atoms with E-state index in [1.54, 1.807) is 58.1 Å². The van der Waals surface area contributed by atoms with Crippen LogP contribution in [0.25, 0.3) is 11.4 Å². The Hall–Kier alpha value is -5.52. The van der Waals surface area contributed by atoms with Gasteiger partial charge in [0.1, 0.15) is 12.4 Å². The summed E-state index contributed by atoms with van der Waals surface area (Å²) in [5.41, 5.74) is 2.35. The zero-order chi connectivity index (χ0) is 33.6. The van der Waals surface area contributed by atoms with E-state index in [9.17, 15) is 19.2 Å². The van der Waals surface area contributed by atoms with Crippen molar-refractivity contribution in [2.45, 2.75) is 39.3 Å². The number of hydrogen-bond acceptors (Lipinski definition) is 7. The van der Waals surface area contributed by atoms with Gasteiger partial charge in [-0.3, -0.25) is 19.2 Å². The van der Waals surface area contributed by atoms with E-state index in [-0.39, 0.29) is 55.8 Å². The second-order valence-corrected chi connectivity index (χ2v) is 12.2. The fraction of sp³-hybridized carbons (Fsp3) is 0.333. The molecule has 0 aliphatic carbocycles. The van der Waals surface area contributed by atoms with E-state index in [0.717, 1.165) is 17.7 Å². The van der Waals surface area contributed by atoms with Crippen LogP contribution in [-0.4, -0.2) is 76.1 Å². The monoisotopic (exact) mass is 649 g/mol. The Labute approximate surface area is 279 Å². The van der Waals surface area contributed by atoms with E-state index in [1.807, 2.05) is 44.2 Å². The number of nitrogens with zero attached hydrogens (tertiary/aromatic N) is 5. The molecule has 0 spiro atoms. The molecule has 12 heteroatoms. The Bertz CT molecular complexity index is 1790. The molecule has 3 heterocycles. The predicted molar refractivity (Wildman–Crippen MR) is 179 cm³/mol. The standard InChI is InChI=1S/C36H39N7O5/c1-24(2)32-34-39-33(25-8-4-3-5-9-25)40-43(34)20-21-48-29-11-6-10-27(22-29)35(46)37-17-19-41(23-30(44)38-32)36(47)26-13-15-28(16-14-26)42-18-7-12-31(42)45/h3-6,8-11,13-16,22,24,32H,7,12,17-21,23H2,1-2H3,(H,37,46)(H,38,44)/t32-/m0/s1. The number of hydrogen-bond donors (Lipinski definition) is 2. The van der Waals surface area contributed by atoms with Crippen molar-refractivity contribution in [2.24, 2.45) is 5.92 Å². The topological polar surface area (TPSA) is 139 Å². The highest BCUT2D eigenvalue weighted by Crippen LogP contribution is 2.25. The van der Waals surface area contributed by atoms with Gasteiger partial charge in [-0.05, 0) is 54.8 Å². The molecule has 4 amide bonds. The average molecular weight is 650 g/mol. The third kappa shape index (κ3) is 7.38. The van der Waals surface area contributed by atoms with Crippen LogP contribution in [-0.2, 0) is 16.1 Å². The first-order chi connectivity index (χ1) is 23.3. The number of carbonyl (C=O) groups is 4. The van der Waals surface area contributed by atoms with Crippen molar-refractivity contribution in [2.75, 3.05) is 37.7 Å². The molecule has 6 rings (SSSR count). The minimum absolute atomic E-state index is 0.0574. The van der Waals surface area contributed by atoms with Crippen LogP contribution in [0.2, 0.25) is 0 Å². The summed E-state index contributed by atoms with van der Waals surface area (Å²) in [6, 6.07) is 22.8. The van der Waals surface area contributed by atoms with Gasteiger partial charge in [0.2, 0.25) is 11.8 Å². The molecule has 2 bridgehead atoms. The van der Waals surface area contributed by atoms with E-state index in [1.165, 1.54) is 4.90 Å². The summed E-state index contributed by atoms with van der Waals surface area (Å²) < 4.78 is 7.77. The fourth-order valence-corrected chi connectivity index (χ4v) is 5.90. The smallest absolute Gasteiger partial charge is 0.254 e. The second-order valence-electron chi connectivity index (χ2n) is 12.2. The fourth-order valence-electron chi connectivity index (χ4n) is 5.90. The Balaban J connectivity index is 1.30. The molecule has 0 unspecified atom stereocenters. The van der Waals surface area contributed by atoms with Crippen molar-refractivity contribution in [3.8, 4) is 17.1 Å². The normalized spacial score (nSPS) is 17.7. The molecule has 0 radical (unpaired) electrons. The molecule has 2 aliphatic heterocycles. The third-order valence-corrected chi connectivity index (χ3v) is 8.45. The molecular formula is C36H39N7O5. The highest BCUT2D eigenvalue weighted by Gasteiger charge is 2.28. The second kappa shape index (κ2) is 14.5. The van der Waals surface area contributed by atoms with Crippen LogP contribution in [0.1, 0.15) is 59.3 Å². The molecule has 4 aromatic rings. The predicted octanol–water partition coefficient (Wildman–Crippen LogP) is 3.85. The molecule has 248 valence electrons. The Kier molecular flexibility index (Phi) is 9.79. The first kappa shape index (κ1) is 32.4. The average Bonchev–Trinajstić information content (AvgIpc) is 3.72. The Morgan fingerprint density at radius 1 is 0.917 bits per heavy atom. The molecule has 48 heavy (non-hydrogen) atoms. The summed E-state index contributed by atoms with van der Waals surface area (Å²) in [5.74, 6) is 0.536. The van der Waals surface area contributed by atoms with E-state index >= 15 is 0 Å². The van der Waals surface area contributed by atoms with Crippen LogP contribution < -0.4 is 20.3 Å². The van der Waals surface area contributed by atoms with Gasteiger partial charge in [0.15, 0.2) is 11.6 Å². The number of amides is 4. The van der Waals surface area contributed by atoms with Crippen molar-refractivity contribution in [3.05, 3.63) is 95.8 Å². The number of fused-ring (bicyclic) bond motifs is 3. The van der Waals surface area contributed by atoms with Gasteiger partial charge in [-0.15, -0.1) is 0 Å². The minimum atomic E-state index is -0.518. The van der Waals surface area contributed by atoms with Crippen molar-refractivity contribution in [1.29, 1.82) is 0 Å². The quantitative estimate of drug-likeness (QED) is 0.343. The van der Waals surface area contributed by atoms with Crippen molar-refractivity contribution in [3.63, 3.8) is 0 Å². The van der Waals surface area contributed by atoms with Crippen LogP contribution in [0.3, 0.4) is 0 Å². The van der Waals surface area contributed by atoms with Crippen LogP contribution in [0, 0.1) is 5.92 Å². The van der Waals surface area contributed by atoms with Crippen LogP contribution in [0.4, 0.5) is 5.69 Å². The maximum atomic E-state index is 13.8. The van der Waals surface area contributed by atoms with Crippen LogP contribution in [0.15, 0.2) is 78.9 Å². The SMILES string of the molecule is CC(C)[C@@H]1NC(=O)CN(C(=O)c2ccc(N3CCCC3=O)cc2)CCNC(=O)c2cccc(c2)OCCn2nc(-c3ccccc3)nc21. The molecule has 1 atom stereocenters. The highest BCUT2D eigenvalue weighted by molar-refractivity contribution is 5.99. The molecule has 2 aliphatic rings. The number of benzene rings is 3. The lowest BCUT2D eigenvalue weighted by Gasteiger charge is -2.26. The molecule has 12 nitrogen and oxygen atoms in total. The van der Waals surface area contributed by atoms with Gasteiger partial charge in [0, 0.05) is 48.4 Å². The summed E-state index contributed by atoms with van der Waals surface area (Å²) in [6.45, 7) is 5.17. The number of nitrogens with one attached hydrogen (secondary N) is 2. The van der Waals surface area contributed by atoms with Crippen LogP contribution >= 0.6 is 0 Å². The first-order valence-corrected chi connectivity index (χ1v) is 16.3. The molecule has 1 fully saturated rings. The van der Waals surface area contributed by atoms with Gasteiger partial charge < -0.3 is 25.2 Å². The molecule has 1 saturated heterocycles. The lowest BCUT2D eigenvalue weighted by Crippen LogP contribution is -2.46. The van der Waals surface area contributed by atoms with Crippen molar-refractivity contribution < 1.29 is 23.9 Å². The largest absolute Gasteiger partial charge is 0.492 e. The van der Waals surface area contributed by atoms with Gasteiger partial charge in [-0.2, -0.15) is 5.10 Å². The van der Waals surface area contributed by atoms with Gasteiger partial charge in [-0.25, -0.2) is 9.67 Å². The summed E-state index contributed by atoms with van der Waals surface area (Å²) in [6.07, 6.45) is 1.31. The molecule has 1 aromatic heterocycles. The van der Waals surface area contributed by atoms with Crippen molar-refractivity contribution in [1.82, 2.24) is 30.3 Å². The Morgan fingerprint density at radius 2 is 1.69 bits per heavy atom. The van der Waals surface area contributed by atoms with E-state index in [0.29, 0.717) is 48.0 Å². The lowest BCUT2D eigenvalue weighted by molar-refractivity contribution is -0.123. The summed E-state index contributed by atoms with van der Waals surface area (Å²) in [7, 11) is 0. The minimum Gasteiger partial charge on any atom is -0.492 e. The maximum Gasteiger partial charge on any atom is 0.254 e. The summed E-state index contributed by atoms with van der Waals surface area (Å²) >= 11 is 0. The third-order valence-electron chi connectivity index (χ3n) is 8.45. The van der Waals surface area contributed by atoms with Gasteiger partial charge in [0.25, 0.3) is 11.8 Å². The van der Waals surface area contributed by atoms with Crippen molar-refractivity contribution >= 4 is 29.3 Å². The number of aromatic nitrogens is 3. The number of carbonyl (C=O) groups excluding carboxylic acids is 4. The highest BCUT2D eigenvalue weighted by atomic mass is 16.5. The van der Waals surface area contributed by atoms with Gasteiger partial charge in [-0.1, -0.05) is 50.2 Å². The number of ether oxygens (including phenoxy) is 1. The van der Waals surface area contributed by atoms with Gasteiger partial charge >= 0.3 is 0 Å². The number of rotatable bonds is 4. The molecule has 3 aromatic carbocycles. The zero-order valence-electron chi connectivity index (χ0n) is 27.1. The molecule has 0 saturated carbocycles. The maximum absolute atomic E-state index is 13.8. The van der Waals surface area contributed by atoms with Crippen LogP contribution in [0.5, 0.6) is 5.75 Å². The van der Waals surface area contributed by atoms with Gasteiger partial charge in [0.05, 0.1) is 19.1 Å². The van der Waals surface area contributed by atoms with E-state index < -0.39 is 6.04 Å². The Morgan fingerprint density at radius 3 is 2.42 bits per heavy atom.